The predicted octanol–water partition coefficient (Wildman–Crippen LogP) is 4.12. The lowest BCUT2D eigenvalue weighted by Crippen LogP contribution is -2.29. The van der Waals surface area contributed by atoms with Crippen LogP contribution in [0.2, 0.25) is 0 Å². The first-order valence-electron chi connectivity index (χ1n) is 11.5. The van der Waals surface area contributed by atoms with Crippen LogP contribution in [0.5, 0.6) is 0 Å². The van der Waals surface area contributed by atoms with E-state index < -0.39 is 0 Å². The topological polar surface area (TPSA) is 13.0 Å². The highest BCUT2D eigenvalue weighted by atomic mass is 15.1. The van der Waals surface area contributed by atoms with Crippen molar-refractivity contribution in [2.45, 2.75) is 68.2 Å². The maximum absolute atomic E-state index is 2.49. The molecule has 160 valence electrons. The Hall–Kier alpha value is -0.160. The van der Waals surface area contributed by atoms with Crippen molar-refractivity contribution in [3.05, 3.63) is 0 Å². The minimum Gasteiger partial charge on any atom is -0.304 e. The summed E-state index contributed by atoms with van der Waals surface area (Å²) >= 11 is 0. The Labute approximate surface area is 166 Å². The quantitative estimate of drug-likeness (QED) is 0.404. The van der Waals surface area contributed by atoms with Gasteiger partial charge in [0.2, 0.25) is 0 Å². The first-order chi connectivity index (χ1) is 12.6. The molecule has 0 amide bonds. The van der Waals surface area contributed by atoms with E-state index in [-0.39, 0.29) is 0 Å². The van der Waals surface area contributed by atoms with Crippen LogP contribution in [0.4, 0.5) is 0 Å². The predicted molar refractivity (Wildman–Crippen MR) is 120 cm³/mol. The highest BCUT2D eigenvalue weighted by molar-refractivity contribution is 4.58. The zero-order valence-corrected chi connectivity index (χ0v) is 19.7. The Morgan fingerprint density at radius 3 is 0.577 bits per heavy atom. The number of rotatable bonds is 16. The summed E-state index contributed by atoms with van der Waals surface area (Å²) < 4.78 is 0. The van der Waals surface area contributed by atoms with Gasteiger partial charge in [-0.05, 0) is 91.4 Å². The third-order valence-electron chi connectivity index (χ3n) is 5.48. The highest BCUT2D eigenvalue weighted by Crippen LogP contribution is 1.95. The molecular formula is C22H52N4. The van der Waals surface area contributed by atoms with Gasteiger partial charge in [0.05, 0.1) is 0 Å². The zero-order valence-electron chi connectivity index (χ0n) is 19.7. The van der Waals surface area contributed by atoms with Gasteiger partial charge in [-0.25, -0.2) is 0 Å². The van der Waals surface area contributed by atoms with Crippen molar-refractivity contribution in [3.8, 4) is 0 Å². The summed E-state index contributed by atoms with van der Waals surface area (Å²) in [5.41, 5.74) is 0. The van der Waals surface area contributed by atoms with Crippen LogP contribution in [0.15, 0.2) is 0 Å². The molecule has 0 N–H and O–H groups in total. The minimum atomic E-state index is 1.19. The molecule has 26 heavy (non-hydrogen) atoms. The third-order valence-corrected chi connectivity index (χ3v) is 5.48. The first-order valence-corrected chi connectivity index (χ1v) is 11.5. The van der Waals surface area contributed by atoms with E-state index in [4.69, 9.17) is 0 Å². The van der Waals surface area contributed by atoms with Gasteiger partial charge < -0.3 is 19.6 Å². The van der Waals surface area contributed by atoms with Crippen molar-refractivity contribution in [2.24, 2.45) is 0 Å². The van der Waals surface area contributed by atoms with Crippen LogP contribution < -0.4 is 0 Å². The van der Waals surface area contributed by atoms with Crippen LogP contribution in [-0.2, 0) is 0 Å². The Kier molecular flexibility index (Phi) is 22.8. The van der Waals surface area contributed by atoms with Gasteiger partial charge in [-0.3, -0.25) is 0 Å². The Bertz CT molecular complexity index is 195. The fourth-order valence-corrected chi connectivity index (χ4v) is 3.20. The molecule has 0 aromatic rings. The van der Waals surface area contributed by atoms with E-state index in [2.05, 4.69) is 75.0 Å². The van der Waals surface area contributed by atoms with Gasteiger partial charge >= 0.3 is 0 Å². The molecule has 0 aliphatic carbocycles. The van der Waals surface area contributed by atoms with Crippen molar-refractivity contribution in [2.75, 3.05) is 78.5 Å². The maximum Gasteiger partial charge on any atom is -0.000678 e. The number of hydrogen-bond acceptors (Lipinski definition) is 4. The molecule has 0 aromatic heterocycles. The second-order valence-electron chi connectivity index (χ2n) is 6.81. The van der Waals surface area contributed by atoms with Crippen molar-refractivity contribution in [3.63, 3.8) is 0 Å². The van der Waals surface area contributed by atoms with E-state index in [9.17, 15) is 0 Å². The number of hydrogen-bond donors (Lipinski definition) is 0. The molecule has 0 saturated heterocycles. The lowest BCUT2D eigenvalue weighted by Gasteiger charge is -2.21. The molecule has 0 atom stereocenters. The molecule has 0 rings (SSSR count). The maximum atomic E-state index is 2.49. The van der Waals surface area contributed by atoms with E-state index in [1.807, 2.05) is 0 Å². The van der Waals surface area contributed by atoms with E-state index in [1.54, 1.807) is 0 Å². The van der Waals surface area contributed by atoms with Crippen LogP contribution in [0.25, 0.3) is 0 Å². The summed E-state index contributed by atoms with van der Waals surface area (Å²) in [5, 5.41) is 0. The van der Waals surface area contributed by atoms with Crippen molar-refractivity contribution >= 4 is 0 Å². The van der Waals surface area contributed by atoms with Crippen LogP contribution in [0, 0.1) is 0 Å². The average molecular weight is 373 g/mol. The van der Waals surface area contributed by atoms with Gasteiger partial charge in [0, 0.05) is 0 Å². The van der Waals surface area contributed by atoms with Crippen LogP contribution in [0.1, 0.15) is 68.2 Å². The molecule has 0 saturated carbocycles. The molecule has 4 nitrogen and oxygen atoms in total. The second kappa shape index (κ2) is 21.1. The van der Waals surface area contributed by atoms with Crippen molar-refractivity contribution < 1.29 is 0 Å². The fraction of sp³-hybridized carbons (Fsp3) is 1.00. The highest BCUT2D eigenvalue weighted by Gasteiger charge is 2.02. The molecule has 4 heteroatoms. The molecule has 0 aliphatic heterocycles. The van der Waals surface area contributed by atoms with E-state index in [1.165, 1.54) is 91.4 Å². The Morgan fingerprint density at radius 1 is 0.308 bits per heavy atom. The summed E-state index contributed by atoms with van der Waals surface area (Å²) in [6, 6.07) is 0. The van der Waals surface area contributed by atoms with Crippen LogP contribution >= 0.6 is 0 Å². The lowest BCUT2D eigenvalue weighted by atomic mass is 10.3. The second-order valence-corrected chi connectivity index (χ2v) is 6.81. The van der Waals surface area contributed by atoms with Crippen LogP contribution in [0.3, 0.4) is 0 Å². The molecule has 0 aliphatic rings. The summed E-state index contributed by atoms with van der Waals surface area (Å²) in [7, 11) is 0. The van der Waals surface area contributed by atoms with Gasteiger partial charge in [-0.15, -0.1) is 0 Å². The molecule has 0 bridgehead atoms. The molecule has 0 aromatic carbocycles. The molecule has 0 spiro atoms. The van der Waals surface area contributed by atoms with Gasteiger partial charge in [0.25, 0.3) is 0 Å². The summed E-state index contributed by atoms with van der Waals surface area (Å²) in [5.74, 6) is 0. The third kappa shape index (κ3) is 16.0. The van der Waals surface area contributed by atoms with Gasteiger partial charge in [-0.2, -0.15) is 0 Å². The smallest absolute Gasteiger partial charge is 0.000678 e. The zero-order chi connectivity index (χ0) is 20.2. The molecule has 0 heterocycles. The molecular weight excluding hydrogens is 320 g/mol. The lowest BCUT2D eigenvalue weighted by molar-refractivity contribution is 0.250. The Morgan fingerprint density at radius 2 is 0.462 bits per heavy atom. The number of nitrogens with zero attached hydrogens (tertiary/aromatic N) is 4. The van der Waals surface area contributed by atoms with Gasteiger partial charge in [-0.1, -0.05) is 55.4 Å². The molecule has 0 fully saturated rings. The monoisotopic (exact) mass is 372 g/mol. The summed E-state index contributed by atoms with van der Waals surface area (Å²) in [6.45, 7) is 32.4. The minimum absolute atomic E-state index is 1.19. The first kappa shape index (κ1) is 28.1. The Balaban J connectivity index is 0. The molecule has 0 unspecified atom stereocenters. The molecule has 0 radical (unpaired) electrons. The van der Waals surface area contributed by atoms with Crippen LogP contribution in [-0.4, -0.2) is 98.1 Å². The van der Waals surface area contributed by atoms with Crippen molar-refractivity contribution in [1.82, 2.24) is 19.6 Å². The van der Waals surface area contributed by atoms with Gasteiger partial charge in [0.15, 0.2) is 0 Å². The average Bonchev–Trinajstić information content (AvgIpc) is 2.69. The fourth-order valence-electron chi connectivity index (χ4n) is 3.20. The summed E-state index contributed by atoms with van der Waals surface area (Å²) in [6.07, 6.45) is 2.62. The summed E-state index contributed by atoms with van der Waals surface area (Å²) in [4.78, 5) is 9.96. The van der Waals surface area contributed by atoms with E-state index >= 15 is 0 Å². The standard InChI is InChI=1S/2C11H26N2/c2*1-5-12(6-2)10-9-11-13(7-3)8-4/h2*5-11H2,1-4H3. The van der Waals surface area contributed by atoms with E-state index in [0.29, 0.717) is 0 Å². The van der Waals surface area contributed by atoms with Crippen molar-refractivity contribution in [1.29, 1.82) is 0 Å². The van der Waals surface area contributed by atoms with E-state index in [0.717, 1.165) is 0 Å². The normalized spacial score (nSPS) is 11.5. The SMILES string of the molecule is CCN(CC)CCCN(CC)CC.CCN(CC)CCCN(CC)CC. The van der Waals surface area contributed by atoms with Gasteiger partial charge in [0.1, 0.15) is 0 Å². The largest absolute Gasteiger partial charge is 0.304 e.